The first-order valence-electron chi connectivity index (χ1n) is 11.9. The third-order valence-corrected chi connectivity index (χ3v) is 5.98. The Morgan fingerprint density at radius 1 is 1.11 bits per heavy atom. The maximum atomic E-state index is 13.7. The maximum absolute atomic E-state index is 13.7. The number of fused-ring (bicyclic) bond motifs is 1. The third kappa shape index (κ3) is 7.07. The van der Waals surface area contributed by atoms with E-state index >= 15 is 0 Å². The number of oxazole rings is 1. The van der Waals surface area contributed by atoms with Crippen LogP contribution in [0.15, 0.2) is 71.3 Å². The quantitative estimate of drug-likeness (QED) is 0.132. The first kappa shape index (κ1) is 28.6. The molecule has 0 radical (unpaired) electrons. The fourth-order valence-corrected chi connectivity index (χ4v) is 3.97. The predicted octanol–water partition coefficient (Wildman–Crippen LogP) is 5.91. The Morgan fingerprint density at radius 3 is 2.61 bits per heavy atom. The van der Waals surface area contributed by atoms with Crippen molar-refractivity contribution in [2.24, 2.45) is 0 Å². The van der Waals surface area contributed by atoms with E-state index in [2.05, 4.69) is 21.7 Å². The first-order chi connectivity index (χ1) is 17.8. The summed E-state index contributed by atoms with van der Waals surface area (Å²) < 4.78 is 32.2. The van der Waals surface area contributed by atoms with Gasteiger partial charge in [-0.15, -0.1) is 12.4 Å². The van der Waals surface area contributed by atoms with Crippen LogP contribution in [0.2, 0.25) is 0 Å². The molecule has 0 aliphatic carbocycles. The van der Waals surface area contributed by atoms with Gasteiger partial charge in [-0.1, -0.05) is 24.3 Å². The number of rotatable bonds is 10. The van der Waals surface area contributed by atoms with Gasteiger partial charge < -0.3 is 20.0 Å². The fraction of sp³-hybridized carbons (Fsp3) is 0.250. The van der Waals surface area contributed by atoms with E-state index in [1.54, 1.807) is 18.2 Å². The van der Waals surface area contributed by atoms with Crippen molar-refractivity contribution in [3.8, 4) is 11.3 Å². The van der Waals surface area contributed by atoms with Crippen LogP contribution in [0.1, 0.15) is 35.1 Å². The van der Waals surface area contributed by atoms with Gasteiger partial charge in [-0.2, -0.15) is 0 Å². The van der Waals surface area contributed by atoms with Gasteiger partial charge in [0.2, 0.25) is 5.89 Å². The van der Waals surface area contributed by atoms with Gasteiger partial charge in [-0.05, 0) is 60.0 Å². The van der Waals surface area contributed by atoms with Gasteiger partial charge >= 0.3 is 0 Å². The normalized spacial score (nSPS) is 11.5. The molecule has 3 N–H and O–H groups in total. The largest absolute Gasteiger partial charge is 0.438 e. The maximum Gasteiger partial charge on any atom is 0.251 e. The van der Waals surface area contributed by atoms with E-state index in [-0.39, 0.29) is 30.0 Å². The number of amidine groups is 1. The molecule has 1 aromatic heterocycles. The number of halogens is 3. The highest BCUT2D eigenvalue weighted by molar-refractivity contribution is 5.99. The Kier molecular flexibility index (Phi) is 9.78. The molecule has 1 heterocycles. The Morgan fingerprint density at radius 2 is 1.87 bits per heavy atom. The van der Waals surface area contributed by atoms with Crippen LogP contribution in [-0.4, -0.2) is 44.0 Å². The lowest BCUT2D eigenvalue weighted by Crippen LogP contribution is -2.30. The van der Waals surface area contributed by atoms with Crippen LogP contribution in [0.4, 0.5) is 14.5 Å². The topological polar surface area (TPSA) is 94.2 Å². The van der Waals surface area contributed by atoms with E-state index in [0.717, 1.165) is 16.5 Å². The fourth-order valence-electron chi connectivity index (χ4n) is 3.97. The average molecular weight is 542 g/mol. The Bertz CT molecular complexity index is 1410. The molecule has 0 saturated heterocycles. The summed E-state index contributed by atoms with van der Waals surface area (Å²) in [7, 11) is 3.95. The molecule has 1 amide bonds. The molecule has 3 aromatic carbocycles. The van der Waals surface area contributed by atoms with E-state index in [1.165, 1.54) is 18.3 Å². The second kappa shape index (κ2) is 13.0. The second-order valence-corrected chi connectivity index (χ2v) is 8.92. The number of aromatic nitrogens is 1. The summed E-state index contributed by atoms with van der Waals surface area (Å²) >= 11 is 0. The number of hydrogen-bond acceptors (Lipinski definition) is 5. The van der Waals surface area contributed by atoms with Gasteiger partial charge in [-0.25, -0.2) is 13.8 Å². The molecule has 0 aliphatic rings. The van der Waals surface area contributed by atoms with Crippen molar-refractivity contribution in [2.75, 3.05) is 32.2 Å². The molecular formula is C28H30ClF2N5O2. The van der Waals surface area contributed by atoms with Crippen molar-refractivity contribution in [3.05, 3.63) is 84.1 Å². The molecule has 4 rings (SSSR count). The van der Waals surface area contributed by atoms with Crippen molar-refractivity contribution in [2.45, 2.75) is 18.9 Å². The predicted molar refractivity (Wildman–Crippen MR) is 149 cm³/mol. The highest BCUT2D eigenvalue weighted by Crippen LogP contribution is 2.27. The van der Waals surface area contributed by atoms with Crippen LogP contribution < -0.4 is 15.5 Å². The second-order valence-electron chi connectivity index (χ2n) is 8.92. The van der Waals surface area contributed by atoms with Crippen LogP contribution >= 0.6 is 12.4 Å². The number of nitrogens with zero attached hydrogens (tertiary/aromatic N) is 2. The summed E-state index contributed by atoms with van der Waals surface area (Å²) in [6.07, 6.45) is 2.45. The molecule has 1 atom stereocenters. The zero-order valence-electron chi connectivity index (χ0n) is 21.1. The summed E-state index contributed by atoms with van der Waals surface area (Å²) in [5, 5.41) is 15.1. The SMILES string of the molecule is CN(C)c1ccc2cc(C(=O)NC(CCCNC(=N)CF)c3ncc(-c4cccc(F)c4)o3)ccc2c1.Cl. The minimum absolute atomic E-state index is 0. The van der Waals surface area contributed by atoms with Crippen LogP contribution in [0, 0.1) is 11.2 Å². The highest BCUT2D eigenvalue weighted by atomic mass is 35.5. The van der Waals surface area contributed by atoms with E-state index in [1.807, 2.05) is 43.3 Å². The number of nitrogens with one attached hydrogen (secondary N) is 3. The molecule has 7 nitrogen and oxygen atoms in total. The number of alkyl halides is 1. The molecule has 0 aliphatic heterocycles. The van der Waals surface area contributed by atoms with Crippen molar-refractivity contribution in [3.63, 3.8) is 0 Å². The summed E-state index contributed by atoms with van der Waals surface area (Å²) in [6.45, 7) is -0.508. The minimum atomic E-state index is -0.866. The molecule has 38 heavy (non-hydrogen) atoms. The van der Waals surface area contributed by atoms with Crippen LogP contribution in [0.3, 0.4) is 0 Å². The van der Waals surface area contributed by atoms with Gasteiger partial charge in [0.05, 0.1) is 6.20 Å². The molecule has 0 saturated carbocycles. The van der Waals surface area contributed by atoms with E-state index < -0.39 is 18.5 Å². The molecule has 4 aromatic rings. The number of benzene rings is 3. The number of anilines is 1. The van der Waals surface area contributed by atoms with Crippen LogP contribution in [-0.2, 0) is 0 Å². The van der Waals surface area contributed by atoms with Gasteiger partial charge in [-0.3, -0.25) is 10.2 Å². The highest BCUT2D eigenvalue weighted by Gasteiger charge is 2.21. The van der Waals surface area contributed by atoms with Crippen LogP contribution in [0.5, 0.6) is 0 Å². The van der Waals surface area contributed by atoms with Gasteiger partial charge in [0, 0.05) is 37.5 Å². The monoisotopic (exact) mass is 541 g/mol. The number of carbonyl (C=O) groups excluding carboxylic acids is 1. The summed E-state index contributed by atoms with van der Waals surface area (Å²) in [5.41, 5.74) is 2.09. The lowest BCUT2D eigenvalue weighted by atomic mass is 10.0. The van der Waals surface area contributed by atoms with Crippen LogP contribution in [0.25, 0.3) is 22.1 Å². The number of hydrogen-bond donors (Lipinski definition) is 3. The molecule has 0 bridgehead atoms. The summed E-state index contributed by atoms with van der Waals surface area (Å²) in [6, 6.07) is 16.9. The zero-order chi connectivity index (χ0) is 26.4. The van der Waals surface area contributed by atoms with Crippen molar-refractivity contribution in [1.29, 1.82) is 5.41 Å². The summed E-state index contributed by atoms with van der Waals surface area (Å²) in [5.74, 6) is -0.217. The average Bonchev–Trinajstić information content (AvgIpc) is 3.39. The molecule has 0 fully saturated rings. The van der Waals surface area contributed by atoms with Crippen molar-refractivity contribution >= 4 is 40.6 Å². The van der Waals surface area contributed by atoms with Gasteiger partial charge in [0.15, 0.2) is 5.76 Å². The standard InChI is InChI=1S/C28H29F2N5O2.ClH/c1-35(2)23-11-10-18-13-21(9-8-19(18)15-23)27(36)34-24(7-4-12-32-26(31)16-29)28-33-17-25(37-28)20-5-3-6-22(30)14-20;/h3,5-6,8-11,13-15,17,24H,4,7,12,16H2,1-2H3,(H2,31,32)(H,34,36);1H. The first-order valence-corrected chi connectivity index (χ1v) is 11.9. The van der Waals surface area contributed by atoms with E-state index in [0.29, 0.717) is 36.3 Å². The third-order valence-electron chi connectivity index (χ3n) is 5.98. The Balaban J connectivity index is 0.00000400. The van der Waals surface area contributed by atoms with Crippen molar-refractivity contribution in [1.82, 2.24) is 15.6 Å². The molecule has 10 heteroatoms. The molecule has 0 spiro atoms. The Hall–Kier alpha value is -3.98. The van der Waals surface area contributed by atoms with Gasteiger partial charge in [0.1, 0.15) is 24.4 Å². The molecule has 1 unspecified atom stereocenters. The zero-order valence-corrected chi connectivity index (χ0v) is 21.9. The smallest absolute Gasteiger partial charge is 0.251 e. The minimum Gasteiger partial charge on any atom is -0.438 e. The molecular weight excluding hydrogens is 512 g/mol. The Labute approximate surface area is 226 Å². The lowest BCUT2D eigenvalue weighted by molar-refractivity contribution is 0.0927. The lowest BCUT2D eigenvalue weighted by Gasteiger charge is -2.17. The van der Waals surface area contributed by atoms with Crippen molar-refractivity contribution < 1.29 is 18.0 Å². The summed E-state index contributed by atoms with van der Waals surface area (Å²) in [4.78, 5) is 19.6. The number of amides is 1. The molecule has 200 valence electrons. The van der Waals surface area contributed by atoms with Gasteiger partial charge in [0.25, 0.3) is 5.91 Å². The van der Waals surface area contributed by atoms with E-state index in [9.17, 15) is 13.6 Å². The number of carbonyl (C=O) groups is 1. The van der Waals surface area contributed by atoms with E-state index in [4.69, 9.17) is 9.83 Å².